The van der Waals surface area contributed by atoms with Crippen LogP contribution in [0.15, 0.2) is 34.5 Å². The third kappa shape index (κ3) is 5.55. The number of amides is 1. The highest BCUT2D eigenvalue weighted by atomic mass is 32.2. The molecule has 0 saturated carbocycles. The van der Waals surface area contributed by atoms with Crippen LogP contribution in [-0.2, 0) is 4.79 Å². The van der Waals surface area contributed by atoms with Crippen molar-refractivity contribution < 1.29 is 9.53 Å². The lowest BCUT2D eigenvalue weighted by Gasteiger charge is -2.33. The number of piperazine rings is 1. The number of ether oxygens (including phenoxy) is 1. The van der Waals surface area contributed by atoms with Gasteiger partial charge in [0.05, 0.1) is 12.0 Å². The maximum absolute atomic E-state index is 11.1. The lowest BCUT2D eigenvalue weighted by atomic mass is 10.2. The lowest BCUT2D eigenvalue weighted by molar-refractivity contribution is -0.116. The van der Waals surface area contributed by atoms with Gasteiger partial charge in [0.25, 0.3) is 0 Å². The van der Waals surface area contributed by atoms with E-state index in [1.807, 2.05) is 24.3 Å². The highest BCUT2D eigenvalue weighted by molar-refractivity contribution is 8.15. The molecule has 2 saturated heterocycles. The summed E-state index contributed by atoms with van der Waals surface area (Å²) >= 11 is 1.36. The van der Waals surface area contributed by atoms with E-state index >= 15 is 0 Å². The second kappa shape index (κ2) is 9.70. The van der Waals surface area contributed by atoms with E-state index in [9.17, 15) is 4.79 Å². The second-order valence-electron chi connectivity index (χ2n) is 6.15. The molecule has 140 valence electrons. The maximum atomic E-state index is 11.1. The minimum absolute atomic E-state index is 0.0348. The van der Waals surface area contributed by atoms with E-state index < -0.39 is 0 Å². The highest BCUT2D eigenvalue weighted by Gasteiger charge is 2.16. The van der Waals surface area contributed by atoms with Crippen LogP contribution in [0, 0.1) is 0 Å². The van der Waals surface area contributed by atoms with Crippen molar-refractivity contribution in [1.82, 2.24) is 15.1 Å². The molecule has 8 heteroatoms. The fourth-order valence-corrected chi connectivity index (χ4v) is 3.49. The number of hydrogen-bond acceptors (Lipinski definition) is 7. The van der Waals surface area contributed by atoms with Crippen LogP contribution >= 0.6 is 11.8 Å². The third-order valence-electron chi connectivity index (χ3n) is 4.43. The Balaban J connectivity index is 1.49. The van der Waals surface area contributed by atoms with Gasteiger partial charge in [0, 0.05) is 38.3 Å². The number of amidine groups is 1. The molecule has 0 radical (unpaired) electrons. The second-order valence-corrected chi connectivity index (χ2v) is 7.11. The summed E-state index contributed by atoms with van der Waals surface area (Å²) in [5.41, 5.74) is 0.877. The summed E-state index contributed by atoms with van der Waals surface area (Å²) in [5, 5.41) is 11.3. The van der Waals surface area contributed by atoms with Crippen molar-refractivity contribution in [3.8, 4) is 5.75 Å². The zero-order valence-corrected chi connectivity index (χ0v) is 15.9. The van der Waals surface area contributed by atoms with Gasteiger partial charge in [0.2, 0.25) is 5.91 Å². The van der Waals surface area contributed by atoms with Crippen molar-refractivity contribution in [3.05, 3.63) is 29.8 Å². The number of rotatable bonds is 7. The molecule has 0 spiro atoms. The number of carbonyl (C=O) groups is 1. The molecule has 0 atom stereocenters. The molecule has 7 nitrogen and oxygen atoms in total. The van der Waals surface area contributed by atoms with Crippen LogP contribution in [0.1, 0.15) is 12.5 Å². The van der Waals surface area contributed by atoms with Crippen molar-refractivity contribution in [2.45, 2.75) is 6.92 Å². The van der Waals surface area contributed by atoms with Gasteiger partial charge < -0.3 is 15.0 Å². The SMILES string of the molecule is CCN1CCN(CCOc2ccccc2C=NN=C2NC(=O)CS2)CC1. The first kappa shape index (κ1) is 18.9. The molecule has 2 fully saturated rings. The van der Waals surface area contributed by atoms with Crippen LogP contribution in [0.3, 0.4) is 0 Å². The Morgan fingerprint density at radius 3 is 2.73 bits per heavy atom. The Kier molecular flexibility index (Phi) is 7.04. The average Bonchev–Trinajstić information content (AvgIpc) is 3.09. The molecular weight excluding hydrogens is 350 g/mol. The molecule has 1 amide bonds. The molecule has 3 rings (SSSR count). The largest absolute Gasteiger partial charge is 0.492 e. The summed E-state index contributed by atoms with van der Waals surface area (Å²) in [5.74, 6) is 1.17. The highest BCUT2D eigenvalue weighted by Crippen LogP contribution is 2.16. The summed E-state index contributed by atoms with van der Waals surface area (Å²) in [4.78, 5) is 16.0. The Morgan fingerprint density at radius 1 is 1.23 bits per heavy atom. The third-order valence-corrected chi connectivity index (χ3v) is 5.29. The Morgan fingerprint density at radius 2 is 2.00 bits per heavy atom. The van der Waals surface area contributed by atoms with Crippen LogP contribution in [0.25, 0.3) is 0 Å². The molecule has 0 bridgehead atoms. The van der Waals surface area contributed by atoms with Gasteiger partial charge in [-0.15, -0.1) is 5.10 Å². The van der Waals surface area contributed by atoms with Crippen molar-refractivity contribution in [3.63, 3.8) is 0 Å². The van der Waals surface area contributed by atoms with Crippen LogP contribution in [0.5, 0.6) is 5.75 Å². The molecule has 1 N–H and O–H groups in total. The fourth-order valence-electron chi connectivity index (χ4n) is 2.86. The van der Waals surface area contributed by atoms with Gasteiger partial charge in [-0.25, -0.2) is 0 Å². The number of nitrogens with zero attached hydrogens (tertiary/aromatic N) is 4. The smallest absolute Gasteiger partial charge is 0.236 e. The van der Waals surface area contributed by atoms with Crippen LogP contribution in [0.4, 0.5) is 0 Å². The zero-order chi connectivity index (χ0) is 18.2. The number of carbonyl (C=O) groups excluding carboxylic acids is 1. The van der Waals surface area contributed by atoms with Gasteiger partial charge in [-0.3, -0.25) is 9.69 Å². The minimum Gasteiger partial charge on any atom is -0.492 e. The first-order valence-electron chi connectivity index (χ1n) is 8.95. The molecular formula is C18H25N5O2S. The normalized spacial score (nSPS) is 20.8. The Hall–Kier alpha value is -1.90. The van der Waals surface area contributed by atoms with E-state index in [2.05, 4.69) is 32.2 Å². The van der Waals surface area contributed by atoms with Gasteiger partial charge >= 0.3 is 0 Å². The van der Waals surface area contributed by atoms with Crippen LogP contribution in [0.2, 0.25) is 0 Å². The van der Waals surface area contributed by atoms with Gasteiger partial charge in [0.15, 0.2) is 5.17 Å². The molecule has 0 aromatic heterocycles. The van der Waals surface area contributed by atoms with E-state index in [0.717, 1.165) is 50.6 Å². The molecule has 2 aliphatic heterocycles. The van der Waals surface area contributed by atoms with E-state index in [1.165, 1.54) is 11.8 Å². The quantitative estimate of drug-likeness (QED) is 0.574. The van der Waals surface area contributed by atoms with E-state index in [-0.39, 0.29) is 5.91 Å². The average molecular weight is 375 g/mol. The Bertz CT molecular complexity index is 671. The van der Waals surface area contributed by atoms with Gasteiger partial charge in [0.1, 0.15) is 12.4 Å². The molecule has 26 heavy (non-hydrogen) atoms. The first-order chi connectivity index (χ1) is 12.7. The minimum atomic E-state index is -0.0348. The summed E-state index contributed by atoms with van der Waals surface area (Å²) in [6.45, 7) is 9.38. The Labute approximate surface area is 158 Å². The number of hydrogen-bond donors (Lipinski definition) is 1. The van der Waals surface area contributed by atoms with Crippen molar-refractivity contribution in [1.29, 1.82) is 0 Å². The first-order valence-corrected chi connectivity index (χ1v) is 9.93. The summed E-state index contributed by atoms with van der Waals surface area (Å²) < 4.78 is 5.96. The zero-order valence-electron chi connectivity index (χ0n) is 15.1. The number of benzene rings is 1. The van der Waals surface area contributed by atoms with Crippen molar-refractivity contribution in [2.24, 2.45) is 10.2 Å². The van der Waals surface area contributed by atoms with E-state index in [1.54, 1.807) is 6.21 Å². The maximum Gasteiger partial charge on any atom is 0.236 e. The lowest BCUT2D eigenvalue weighted by Crippen LogP contribution is -2.47. The number of nitrogens with one attached hydrogen (secondary N) is 1. The molecule has 1 aromatic carbocycles. The number of likely N-dealkylation sites (N-methyl/N-ethyl adjacent to an activating group) is 1. The molecule has 1 aromatic rings. The summed E-state index contributed by atoms with van der Waals surface area (Å²) in [6.07, 6.45) is 1.66. The van der Waals surface area contributed by atoms with Gasteiger partial charge in [-0.1, -0.05) is 30.8 Å². The molecule has 2 aliphatic rings. The standard InChI is InChI=1S/C18H25N5O2S/c1-2-22-7-9-23(10-8-22)11-12-25-16-6-4-3-5-15(16)13-19-21-18-20-17(24)14-26-18/h3-6,13H,2,7-12,14H2,1H3,(H,20,21,24). The van der Waals surface area contributed by atoms with Crippen molar-refractivity contribution >= 4 is 29.1 Å². The predicted molar refractivity (Wildman–Crippen MR) is 106 cm³/mol. The van der Waals surface area contributed by atoms with E-state index in [4.69, 9.17) is 4.74 Å². The summed E-state index contributed by atoms with van der Waals surface area (Å²) in [7, 11) is 0. The van der Waals surface area contributed by atoms with E-state index in [0.29, 0.717) is 17.5 Å². The van der Waals surface area contributed by atoms with Gasteiger partial charge in [-0.2, -0.15) is 5.10 Å². The summed E-state index contributed by atoms with van der Waals surface area (Å²) in [6, 6.07) is 7.78. The molecule has 0 aliphatic carbocycles. The monoisotopic (exact) mass is 375 g/mol. The van der Waals surface area contributed by atoms with Crippen LogP contribution in [-0.4, -0.2) is 78.7 Å². The number of thioether (sulfide) groups is 1. The predicted octanol–water partition coefficient (Wildman–Crippen LogP) is 1.26. The van der Waals surface area contributed by atoms with Crippen molar-refractivity contribution in [2.75, 3.05) is 51.6 Å². The molecule has 0 unspecified atom stereocenters. The fraction of sp³-hybridized carbons (Fsp3) is 0.500. The van der Waals surface area contributed by atoms with Gasteiger partial charge in [-0.05, 0) is 18.7 Å². The topological polar surface area (TPSA) is 69.5 Å². The van der Waals surface area contributed by atoms with Crippen LogP contribution < -0.4 is 10.1 Å². The molecule has 2 heterocycles. The number of para-hydroxylation sites is 1.